The third-order valence-corrected chi connectivity index (χ3v) is 2.90. The molecule has 108 valence electrons. The van der Waals surface area contributed by atoms with Gasteiger partial charge >= 0.3 is 0 Å². The first-order valence-electron chi connectivity index (χ1n) is 6.41. The molecule has 0 unspecified atom stereocenters. The van der Waals surface area contributed by atoms with Gasteiger partial charge in [-0.15, -0.1) is 0 Å². The van der Waals surface area contributed by atoms with Crippen LogP contribution in [0.25, 0.3) is 0 Å². The molecule has 2 N–H and O–H groups in total. The number of rotatable bonds is 5. The van der Waals surface area contributed by atoms with Gasteiger partial charge in [-0.1, -0.05) is 23.7 Å². The van der Waals surface area contributed by atoms with Gasteiger partial charge in [0.1, 0.15) is 6.04 Å². The lowest BCUT2D eigenvalue weighted by atomic mass is 10.2. The Balaban J connectivity index is 1.87. The number of hydrazone groups is 1. The zero-order chi connectivity index (χ0) is 15.1. The van der Waals surface area contributed by atoms with Gasteiger partial charge in [-0.3, -0.25) is 9.78 Å². The van der Waals surface area contributed by atoms with E-state index in [1.807, 2.05) is 24.3 Å². The third kappa shape index (κ3) is 4.89. The van der Waals surface area contributed by atoms with Crippen molar-refractivity contribution in [2.45, 2.75) is 13.0 Å². The van der Waals surface area contributed by atoms with Crippen molar-refractivity contribution in [1.29, 1.82) is 0 Å². The van der Waals surface area contributed by atoms with E-state index in [1.54, 1.807) is 31.3 Å². The van der Waals surface area contributed by atoms with Gasteiger partial charge in [-0.05, 0) is 37.3 Å². The van der Waals surface area contributed by atoms with Crippen molar-refractivity contribution in [1.82, 2.24) is 10.4 Å². The molecule has 0 spiro atoms. The smallest absolute Gasteiger partial charge is 0.262 e. The largest absolute Gasteiger partial charge is 0.374 e. The number of pyridine rings is 1. The van der Waals surface area contributed by atoms with E-state index in [9.17, 15) is 4.79 Å². The summed E-state index contributed by atoms with van der Waals surface area (Å²) in [5.41, 5.74) is 3.91. The number of carbonyl (C=O) groups excluding carboxylic acids is 1. The molecule has 2 rings (SSSR count). The van der Waals surface area contributed by atoms with Gasteiger partial charge in [0.15, 0.2) is 0 Å². The molecule has 0 radical (unpaired) electrons. The summed E-state index contributed by atoms with van der Waals surface area (Å²) in [7, 11) is 0. The average Bonchev–Trinajstić information content (AvgIpc) is 2.48. The lowest BCUT2D eigenvalue weighted by Gasteiger charge is -2.13. The summed E-state index contributed by atoms with van der Waals surface area (Å²) >= 11 is 5.89. The number of carbonyl (C=O) groups is 1. The number of nitrogens with zero attached hydrogens (tertiary/aromatic N) is 2. The maximum atomic E-state index is 11.9. The molecule has 0 aliphatic heterocycles. The summed E-state index contributed by atoms with van der Waals surface area (Å²) in [6.45, 7) is 1.74. The second-order valence-electron chi connectivity index (χ2n) is 4.37. The molecule has 1 atom stereocenters. The van der Waals surface area contributed by atoms with Gasteiger partial charge in [0, 0.05) is 16.9 Å². The molecule has 1 heterocycles. The third-order valence-electron chi connectivity index (χ3n) is 2.66. The van der Waals surface area contributed by atoms with Crippen LogP contribution >= 0.6 is 11.6 Å². The molecule has 0 saturated carbocycles. The number of nitrogens with one attached hydrogen (secondary N) is 2. The predicted molar refractivity (Wildman–Crippen MR) is 84.5 cm³/mol. The van der Waals surface area contributed by atoms with Gasteiger partial charge in [-0.25, -0.2) is 5.43 Å². The van der Waals surface area contributed by atoms with Crippen molar-refractivity contribution in [2.75, 3.05) is 5.32 Å². The molecule has 0 aliphatic rings. The van der Waals surface area contributed by atoms with Crippen LogP contribution in [-0.2, 0) is 4.79 Å². The molecule has 0 saturated heterocycles. The van der Waals surface area contributed by atoms with Crippen LogP contribution in [0.3, 0.4) is 0 Å². The van der Waals surface area contributed by atoms with Crippen molar-refractivity contribution in [3.8, 4) is 0 Å². The van der Waals surface area contributed by atoms with Crippen LogP contribution in [0.2, 0.25) is 5.02 Å². The number of benzene rings is 1. The molecule has 0 aliphatic carbocycles. The molecule has 1 aromatic heterocycles. The van der Waals surface area contributed by atoms with E-state index in [1.165, 1.54) is 6.21 Å². The van der Waals surface area contributed by atoms with E-state index in [4.69, 9.17) is 11.6 Å². The number of anilines is 1. The van der Waals surface area contributed by atoms with E-state index >= 15 is 0 Å². The number of hydrogen-bond acceptors (Lipinski definition) is 4. The predicted octanol–water partition coefficient (Wildman–Crippen LogP) is 2.69. The van der Waals surface area contributed by atoms with Crippen LogP contribution in [0.5, 0.6) is 0 Å². The highest BCUT2D eigenvalue weighted by Gasteiger charge is 2.11. The number of halogens is 1. The first-order valence-corrected chi connectivity index (χ1v) is 6.79. The molecule has 1 amide bonds. The fourth-order valence-electron chi connectivity index (χ4n) is 1.60. The second-order valence-corrected chi connectivity index (χ2v) is 4.80. The van der Waals surface area contributed by atoms with Gasteiger partial charge in [0.2, 0.25) is 0 Å². The lowest BCUT2D eigenvalue weighted by molar-refractivity contribution is -0.121. The van der Waals surface area contributed by atoms with E-state index in [-0.39, 0.29) is 5.91 Å². The first kappa shape index (κ1) is 15.0. The van der Waals surface area contributed by atoms with Gasteiger partial charge in [0.25, 0.3) is 5.91 Å². The summed E-state index contributed by atoms with van der Waals surface area (Å²) in [6.07, 6.45) is 3.15. The minimum atomic E-state index is -0.440. The van der Waals surface area contributed by atoms with Crippen molar-refractivity contribution in [2.24, 2.45) is 5.10 Å². The fourth-order valence-corrected chi connectivity index (χ4v) is 1.80. The van der Waals surface area contributed by atoms with Crippen molar-refractivity contribution in [3.63, 3.8) is 0 Å². The topological polar surface area (TPSA) is 66.4 Å². The molecule has 21 heavy (non-hydrogen) atoms. The Morgan fingerprint density at radius 1 is 1.33 bits per heavy atom. The van der Waals surface area contributed by atoms with Crippen molar-refractivity contribution in [3.05, 3.63) is 59.4 Å². The van der Waals surface area contributed by atoms with Crippen molar-refractivity contribution >= 4 is 29.4 Å². The Morgan fingerprint density at radius 2 is 2.19 bits per heavy atom. The fraction of sp³-hybridized carbons (Fsp3) is 0.133. The molecule has 6 heteroatoms. The van der Waals surface area contributed by atoms with E-state index in [2.05, 4.69) is 20.8 Å². The SMILES string of the molecule is C[C@@H](Nc1cccc(Cl)c1)C(=O)NN=Cc1ccccn1. The maximum Gasteiger partial charge on any atom is 0.262 e. The molecular formula is C15H15ClN4O. The van der Waals surface area contributed by atoms with Crippen LogP contribution in [0.15, 0.2) is 53.8 Å². The number of aromatic nitrogens is 1. The van der Waals surface area contributed by atoms with Crippen LogP contribution in [-0.4, -0.2) is 23.1 Å². The summed E-state index contributed by atoms with van der Waals surface area (Å²) in [6, 6.07) is 12.2. The molecule has 2 aromatic rings. The average molecular weight is 303 g/mol. The highest BCUT2D eigenvalue weighted by Crippen LogP contribution is 2.15. The Morgan fingerprint density at radius 3 is 2.90 bits per heavy atom. The molecule has 0 bridgehead atoms. The number of hydrogen-bond donors (Lipinski definition) is 2. The Bertz CT molecular complexity index is 631. The first-order chi connectivity index (χ1) is 10.1. The number of amides is 1. The van der Waals surface area contributed by atoms with Crippen LogP contribution in [0.1, 0.15) is 12.6 Å². The van der Waals surface area contributed by atoms with Crippen LogP contribution in [0, 0.1) is 0 Å². The van der Waals surface area contributed by atoms with Gasteiger partial charge in [-0.2, -0.15) is 5.10 Å². The summed E-state index contributed by atoms with van der Waals surface area (Å²) in [5.74, 6) is -0.248. The van der Waals surface area contributed by atoms with Gasteiger partial charge in [0.05, 0.1) is 11.9 Å². The molecule has 0 fully saturated rings. The van der Waals surface area contributed by atoms with E-state index < -0.39 is 6.04 Å². The maximum absolute atomic E-state index is 11.9. The van der Waals surface area contributed by atoms with E-state index in [0.29, 0.717) is 10.7 Å². The minimum absolute atomic E-state index is 0.248. The Labute approximate surface area is 128 Å². The highest BCUT2D eigenvalue weighted by molar-refractivity contribution is 6.30. The zero-order valence-electron chi connectivity index (χ0n) is 11.5. The lowest BCUT2D eigenvalue weighted by Crippen LogP contribution is -2.34. The zero-order valence-corrected chi connectivity index (χ0v) is 12.2. The van der Waals surface area contributed by atoms with Crippen LogP contribution < -0.4 is 10.7 Å². The second kappa shape index (κ2) is 7.40. The molecule has 5 nitrogen and oxygen atoms in total. The normalized spacial score (nSPS) is 12.1. The summed E-state index contributed by atoms with van der Waals surface area (Å²) in [4.78, 5) is 15.9. The van der Waals surface area contributed by atoms with Crippen LogP contribution in [0.4, 0.5) is 5.69 Å². The highest BCUT2D eigenvalue weighted by atomic mass is 35.5. The van der Waals surface area contributed by atoms with Gasteiger partial charge < -0.3 is 5.32 Å². The standard InChI is InChI=1S/C15H15ClN4O/c1-11(19-13-7-4-5-12(16)9-13)15(21)20-18-10-14-6-2-3-8-17-14/h2-11,19H,1H3,(H,20,21)/t11-/m1/s1. The Hall–Kier alpha value is -2.40. The van der Waals surface area contributed by atoms with E-state index in [0.717, 1.165) is 5.69 Å². The molecule has 1 aromatic carbocycles. The monoisotopic (exact) mass is 302 g/mol. The quantitative estimate of drug-likeness (QED) is 0.659. The van der Waals surface area contributed by atoms with Crippen molar-refractivity contribution < 1.29 is 4.79 Å². The minimum Gasteiger partial charge on any atom is -0.374 e. The molecular weight excluding hydrogens is 288 g/mol. The summed E-state index contributed by atoms with van der Waals surface area (Å²) < 4.78 is 0. The Kier molecular flexibility index (Phi) is 5.29. The summed E-state index contributed by atoms with van der Waals surface area (Å²) in [5, 5.41) is 7.53.